The molecule has 28 heavy (non-hydrogen) atoms. The number of H-pyrrole nitrogens is 1. The van der Waals surface area contributed by atoms with Gasteiger partial charge in [-0.25, -0.2) is 0 Å². The average Bonchev–Trinajstić information content (AvgIpc) is 3.04. The van der Waals surface area contributed by atoms with Gasteiger partial charge in [-0.1, -0.05) is 36.4 Å². The molecule has 0 saturated heterocycles. The van der Waals surface area contributed by atoms with Crippen LogP contribution in [0.4, 0.5) is 0 Å². The molecule has 0 bridgehead atoms. The Kier molecular flexibility index (Phi) is 5.42. The van der Waals surface area contributed by atoms with Crippen molar-refractivity contribution in [3.05, 3.63) is 59.2 Å². The van der Waals surface area contributed by atoms with Crippen LogP contribution in [-0.4, -0.2) is 40.9 Å². The molecule has 0 radical (unpaired) electrons. The number of aromatic amines is 1. The van der Waals surface area contributed by atoms with Gasteiger partial charge in [-0.2, -0.15) is 0 Å². The fourth-order valence-electron chi connectivity index (χ4n) is 3.02. The van der Waals surface area contributed by atoms with Gasteiger partial charge in [-0.05, 0) is 17.2 Å². The van der Waals surface area contributed by atoms with Crippen molar-refractivity contribution in [2.75, 3.05) is 13.2 Å². The normalized spacial score (nSPS) is 10.8. The number of nitrogens with two attached hydrogens (primary N) is 2. The Labute approximate surface area is 161 Å². The number of nitrogen functional groups attached to an aromatic ring is 2. The third-order valence-corrected chi connectivity index (χ3v) is 4.38. The van der Waals surface area contributed by atoms with Crippen LogP contribution in [0.2, 0.25) is 0 Å². The summed E-state index contributed by atoms with van der Waals surface area (Å²) in [5, 5.41) is 24.8. The minimum atomic E-state index is -0.452. The Morgan fingerprint density at radius 3 is 2.29 bits per heavy atom. The number of carbonyl (C=O) groups is 1. The van der Waals surface area contributed by atoms with Gasteiger partial charge in [0.05, 0.1) is 18.7 Å². The van der Waals surface area contributed by atoms with Crippen LogP contribution < -0.4 is 11.5 Å². The van der Waals surface area contributed by atoms with E-state index >= 15 is 0 Å². The van der Waals surface area contributed by atoms with E-state index in [0.29, 0.717) is 11.1 Å². The molecule has 144 valence electrons. The van der Waals surface area contributed by atoms with E-state index in [1.165, 1.54) is 0 Å². The minimum absolute atomic E-state index is 0.0171. The van der Waals surface area contributed by atoms with Crippen molar-refractivity contribution in [2.24, 2.45) is 11.5 Å². The van der Waals surface area contributed by atoms with Crippen molar-refractivity contribution in [2.45, 2.75) is 6.42 Å². The number of hydrogen-bond donors (Lipinski definition) is 6. The summed E-state index contributed by atoms with van der Waals surface area (Å²) < 4.78 is 5.02. The number of carbonyl (C=O) groups excluding carboxylic acids is 1. The molecule has 0 aliphatic rings. The molecule has 3 aromatic rings. The first-order chi connectivity index (χ1) is 13.4. The zero-order valence-corrected chi connectivity index (χ0v) is 15.1. The lowest BCUT2D eigenvalue weighted by molar-refractivity contribution is -0.143. The topological polar surface area (TPSA) is 162 Å². The third-order valence-electron chi connectivity index (χ3n) is 4.38. The van der Waals surface area contributed by atoms with E-state index in [1.807, 2.05) is 18.2 Å². The molecule has 8 nitrogen and oxygen atoms in total. The number of rotatable bonds is 7. The van der Waals surface area contributed by atoms with Crippen LogP contribution in [0, 0.1) is 10.8 Å². The Balaban J connectivity index is 2.10. The van der Waals surface area contributed by atoms with Gasteiger partial charge in [0.15, 0.2) is 0 Å². The summed E-state index contributed by atoms with van der Waals surface area (Å²) in [5.74, 6) is -0.526. The van der Waals surface area contributed by atoms with Crippen molar-refractivity contribution in [1.29, 1.82) is 10.8 Å². The molecular formula is C20H21N5O3. The molecule has 2 aromatic carbocycles. The fraction of sp³-hybridized carbons (Fsp3) is 0.150. The summed E-state index contributed by atoms with van der Waals surface area (Å²) >= 11 is 0. The lowest BCUT2D eigenvalue weighted by Crippen LogP contribution is -2.12. The average molecular weight is 379 g/mol. The molecule has 0 aliphatic carbocycles. The van der Waals surface area contributed by atoms with Crippen LogP contribution in [0.5, 0.6) is 0 Å². The molecular weight excluding hydrogens is 358 g/mol. The number of ether oxygens (including phenoxy) is 1. The summed E-state index contributed by atoms with van der Waals surface area (Å²) in [6, 6.07) is 12.4. The first-order valence-corrected chi connectivity index (χ1v) is 8.61. The first kappa shape index (κ1) is 19.1. The van der Waals surface area contributed by atoms with Crippen molar-refractivity contribution in [3.63, 3.8) is 0 Å². The van der Waals surface area contributed by atoms with Crippen LogP contribution in [0.3, 0.4) is 0 Å². The van der Waals surface area contributed by atoms with Gasteiger partial charge in [0.2, 0.25) is 0 Å². The zero-order valence-electron chi connectivity index (χ0n) is 15.1. The summed E-state index contributed by atoms with van der Waals surface area (Å²) in [5.41, 5.74) is 15.3. The van der Waals surface area contributed by atoms with Gasteiger partial charge >= 0.3 is 5.97 Å². The summed E-state index contributed by atoms with van der Waals surface area (Å²) in [7, 11) is 0. The van der Waals surface area contributed by atoms with Crippen molar-refractivity contribution in [3.8, 4) is 11.3 Å². The number of amidine groups is 2. The smallest absolute Gasteiger partial charge is 0.310 e. The molecule has 0 fully saturated rings. The Bertz CT molecular complexity index is 1050. The highest BCUT2D eigenvalue weighted by molar-refractivity contribution is 6.01. The number of nitrogens with one attached hydrogen (secondary N) is 3. The number of aromatic nitrogens is 1. The van der Waals surface area contributed by atoms with Crippen molar-refractivity contribution < 1.29 is 14.6 Å². The maximum Gasteiger partial charge on any atom is 0.310 e. The Morgan fingerprint density at radius 1 is 1.04 bits per heavy atom. The zero-order chi connectivity index (χ0) is 20.3. The molecule has 0 saturated carbocycles. The van der Waals surface area contributed by atoms with E-state index in [2.05, 4.69) is 4.98 Å². The Hall–Kier alpha value is -3.65. The molecule has 1 heterocycles. The van der Waals surface area contributed by atoms with Gasteiger partial charge in [0.1, 0.15) is 18.3 Å². The maximum atomic E-state index is 12.2. The number of aliphatic hydroxyl groups excluding tert-OH is 1. The van der Waals surface area contributed by atoms with Crippen LogP contribution in [0.15, 0.2) is 42.5 Å². The molecule has 0 unspecified atom stereocenters. The number of fused-ring (bicyclic) bond motifs is 1. The highest BCUT2D eigenvalue weighted by Crippen LogP contribution is 2.32. The molecule has 0 aliphatic heterocycles. The highest BCUT2D eigenvalue weighted by Gasteiger charge is 2.18. The summed E-state index contributed by atoms with van der Waals surface area (Å²) in [4.78, 5) is 15.5. The van der Waals surface area contributed by atoms with E-state index < -0.39 is 5.97 Å². The molecule has 8 N–H and O–H groups in total. The van der Waals surface area contributed by atoms with Crippen LogP contribution in [-0.2, 0) is 16.0 Å². The second-order valence-corrected chi connectivity index (χ2v) is 6.26. The fourth-order valence-corrected chi connectivity index (χ4v) is 3.02. The predicted molar refractivity (Wildman–Crippen MR) is 108 cm³/mol. The second-order valence-electron chi connectivity index (χ2n) is 6.26. The maximum absolute atomic E-state index is 12.2. The van der Waals surface area contributed by atoms with Crippen molar-refractivity contribution in [1.82, 2.24) is 4.98 Å². The highest BCUT2D eigenvalue weighted by atomic mass is 16.5. The van der Waals surface area contributed by atoms with Crippen molar-refractivity contribution >= 4 is 28.5 Å². The molecule has 0 spiro atoms. The first-order valence-electron chi connectivity index (χ1n) is 8.61. The monoisotopic (exact) mass is 379 g/mol. The molecule has 3 rings (SSSR count). The number of esters is 1. The van der Waals surface area contributed by atoms with E-state index in [0.717, 1.165) is 27.7 Å². The predicted octanol–water partition coefficient (Wildman–Crippen LogP) is 1.48. The SMILES string of the molecule is N=C(N)c1ccc(-c2[nH]c3cc(C(=N)N)ccc3c2CC(=O)OCCO)cc1. The molecule has 0 atom stereocenters. The molecule has 0 amide bonds. The molecule has 8 heteroatoms. The van der Waals surface area contributed by atoms with E-state index in [1.54, 1.807) is 24.3 Å². The Morgan fingerprint density at radius 2 is 1.68 bits per heavy atom. The quantitative estimate of drug-likeness (QED) is 0.208. The van der Waals surface area contributed by atoms with Gasteiger partial charge in [0, 0.05) is 22.0 Å². The van der Waals surface area contributed by atoms with E-state index in [-0.39, 0.29) is 31.3 Å². The number of hydrogen-bond acceptors (Lipinski definition) is 5. The summed E-state index contributed by atoms with van der Waals surface area (Å²) in [6.07, 6.45) is 0.0171. The van der Waals surface area contributed by atoms with Gasteiger partial charge in [0.25, 0.3) is 0 Å². The van der Waals surface area contributed by atoms with Gasteiger partial charge < -0.3 is 26.3 Å². The van der Waals surface area contributed by atoms with Crippen LogP contribution >= 0.6 is 0 Å². The number of benzene rings is 2. The standard InChI is InChI=1S/C20H21N5O3/c21-19(22)12-3-1-11(2-4-12)18-15(10-17(27)28-8-7-26)14-6-5-13(20(23)24)9-16(14)25-18/h1-6,9,25-26H,7-8,10H2,(H3,21,22)(H3,23,24). The van der Waals surface area contributed by atoms with E-state index in [4.69, 9.17) is 32.1 Å². The van der Waals surface area contributed by atoms with Gasteiger partial charge in [-0.3, -0.25) is 15.6 Å². The van der Waals surface area contributed by atoms with Crippen LogP contribution in [0.25, 0.3) is 22.2 Å². The minimum Gasteiger partial charge on any atom is -0.463 e. The lowest BCUT2D eigenvalue weighted by Gasteiger charge is -2.07. The molecule has 1 aromatic heterocycles. The largest absolute Gasteiger partial charge is 0.463 e. The van der Waals surface area contributed by atoms with E-state index in [9.17, 15) is 4.79 Å². The second kappa shape index (κ2) is 7.93. The number of aliphatic hydroxyl groups is 1. The third kappa shape index (κ3) is 3.86. The van der Waals surface area contributed by atoms with Crippen LogP contribution in [0.1, 0.15) is 16.7 Å². The summed E-state index contributed by atoms with van der Waals surface area (Å²) in [6.45, 7) is -0.292. The lowest BCUT2D eigenvalue weighted by atomic mass is 10.0. The van der Waals surface area contributed by atoms with Gasteiger partial charge in [-0.15, -0.1) is 0 Å².